The third-order valence-electron chi connectivity index (χ3n) is 2.93. The maximum Gasteiger partial charge on any atom is 0.257 e. The Kier molecular flexibility index (Phi) is 4.16. The molecule has 0 heterocycles. The van der Waals surface area contributed by atoms with E-state index in [0.29, 0.717) is 11.8 Å². The van der Waals surface area contributed by atoms with Crippen LogP contribution in [-0.4, -0.2) is 13.0 Å². The van der Waals surface area contributed by atoms with Gasteiger partial charge in [-0.1, -0.05) is 11.6 Å². The number of aryl methyl sites for hydroxylation is 1. The quantitative estimate of drug-likeness (QED) is 0.847. The molecule has 21 heavy (non-hydrogen) atoms. The number of nitrogens with one attached hydrogen (secondary N) is 2. The van der Waals surface area contributed by atoms with Gasteiger partial charge in [-0.15, -0.1) is 0 Å². The number of benzene rings is 2. The maximum absolute atomic E-state index is 13.5. The van der Waals surface area contributed by atoms with E-state index in [1.165, 1.54) is 0 Å². The van der Waals surface area contributed by atoms with Crippen molar-refractivity contribution in [1.29, 1.82) is 0 Å². The molecule has 0 radical (unpaired) electrons. The van der Waals surface area contributed by atoms with Crippen LogP contribution in [-0.2, 0) is 0 Å². The van der Waals surface area contributed by atoms with E-state index >= 15 is 0 Å². The number of halogens is 3. The average molecular weight is 294 g/mol. The second-order valence-electron chi connectivity index (χ2n) is 4.50. The van der Waals surface area contributed by atoms with Crippen molar-refractivity contribution >= 4 is 17.3 Å². The summed E-state index contributed by atoms with van der Waals surface area (Å²) in [5.41, 5.74) is 1.06. The van der Waals surface area contributed by atoms with Crippen molar-refractivity contribution in [3.05, 3.63) is 58.9 Å². The van der Waals surface area contributed by atoms with Crippen molar-refractivity contribution in [3.8, 4) is 0 Å². The van der Waals surface area contributed by atoms with Gasteiger partial charge in [-0.2, -0.15) is 0 Å². The van der Waals surface area contributed by atoms with E-state index in [9.17, 15) is 18.0 Å². The van der Waals surface area contributed by atoms with Crippen LogP contribution in [0.3, 0.4) is 0 Å². The van der Waals surface area contributed by atoms with Crippen molar-refractivity contribution in [2.75, 3.05) is 17.7 Å². The number of hydrogen-bond donors (Lipinski definition) is 2. The zero-order valence-electron chi connectivity index (χ0n) is 11.4. The Hall–Kier alpha value is -2.50. The Bertz CT molecular complexity index is 702. The highest BCUT2D eigenvalue weighted by molar-refractivity contribution is 6.08. The van der Waals surface area contributed by atoms with E-state index in [4.69, 9.17) is 0 Å². The van der Waals surface area contributed by atoms with Crippen molar-refractivity contribution in [1.82, 2.24) is 0 Å². The zero-order chi connectivity index (χ0) is 15.6. The molecule has 2 aromatic carbocycles. The number of carbonyl (C=O) groups is 1. The molecule has 0 aliphatic carbocycles. The van der Waals surface area contributed by atoms with Gasteiger partial charge < -0.3 is 10.6 Å². The van der Waals surface area contributed by atoms with Crippen LogP contribution in [0.5, 0.6) is 0 Å². The lowest BCUT2D eigenvalue weighted by Gasteiger charge is -2.11. The number of rotatable bonds is 3. The molecule has 6 heteroatoms. The van der Waals surface area contributed by atoms with Crippen LogP contribution >= 0.6 is 0 Å². The highest BCUT2D eigenvalue weighted by Gasteiger charge is 2.16. The van der Waals surface area contributed by atoms with Gasteiger partial charge in [0, 0.05) is 24.9 Å². The van der Waals surface area contributed by atoms with Gasteiger partial charge in [0.1, 0.15) is 5.82 Å². The standard InChI is InChI=1S/C15H13F3N2O/c1-8-3-4-12(19-2)10(5-8)15(21)20-13-7-9(16)6-11(17)14(13)18/h3-7,19H,1-2H3,(H,20,21). The molecule has 0 spiro atoms. The van der Waals surface area contributed by atoms with Gasteiger partial charge in [-0.05, 0) is 19.1 Å². The molecule has 2 rings (SSSR count). The summed E-state index contributed by atoms with van der Waals surface area (Å²) in [6.45, 7) is 1.79. The fourth-order valence-electron chi connectivity index (χ4n) is 1.90. The number of hydrogen-bond acceptors (Lipinski definition) is 2. The van der Waals surface area contributed by atoms with Gasteiger partial charge >= 0.3 is 0 Å². The Morgan fingerprint density at radius 2 is 1.76 bits per heavy atom. The SMILES string of the molecule is CNc1ccc(C)cc1C(=O)Nc1cc(F)cc(F)c1F. The Morgan fingerprint density at radius 3 is 2.43 bits per heavy atom. The Labute approximate surface area is 119 Å². The molecule has 0 aliphatic rings. The Balaban J connectivity index is 2.37. The third-order valence-corrected chi connectivity index (χ3v) is 2.93. The summed E-state index contributed by atoms with van der Waals surface area (Å²) < 4.78 is 39.8. The van der Waals surface area contributed by atoms with Crippen LogP contribution in [0, 0.1) is 24.4 Å². The van der Waals surface area contributed by atoms with Gasteiger partial charge in [0.15, 0.2) is 11.6 Å². The summed E-state index contributed by atoms with van der Waals surface area (Å²) in [5, 5.41) is 5.00. The van der Waals surface area contributed by atoms with Crippen LogP contribution in [0.25, 0.3) is 0 Å². The predicted octanol–water partition coefficient (Wildman–Crippen LogP) is 3.71. The largest absolute Gasteiger partial charge is 0.387 e. The van der Waals surface area contributed by atoms with Crippen LogP contribution < -0.4 is 10.6 Å². The Morgan fingerprint density at radius 1 is 1.05 bits per heavy atom. The van der Waals surface area contributed by atoms with E-state index in [0.717, 1.165) is 11.6 Å². The molecule has 0 saturated carbocycles. The molecule has 0 aromatic heterocycles. The fourth-order valence-corrected chi connectivity index (χ4v) is 1.90. The minimum absolute atomic E-state index is 0.251. The van der Waals surface area contributed by atoms with Crippen molar-refractivity contribution in [3.63, 3.8) is 0 Å². The second-order valence-corrected chi connectivity index (χ2v) is 4.50. The molecule has 0 fully saturated rings. The van der Waals surface area contributed by atoms with Crippen molar-refractivity contribution in [2.45, 2.75) is 6.92 Å². The molecular weight excluding hydrogens is 281 g/mol. The predicted molar refractivity (Wildman–Crippen MR) is 75.0 cm³/mol. The fraction of sp³-hybridized carbons (Fsp3) is 0.133. The minimum atomic E-state index is -1.36. The van der Waals surface area contributed by atoms with Crippen LogP contribution in [0.1, 0.15) is 15.9 Å². The molecule has 0 aliphatic heterocycles. The highest BCUT2D eigenvalue weighted by atomic mass is 19.2. The van der Waals surface area contributed by atoms with E-state index < -0.39 is 29.0 Å². The van der Waals surface area contributed by atoms with Gasteiger partial charge in [-0.25, -0.2) is 13.2 Å². The molecule has 110 valence electrons. The molecule has 0 atom stereocenters. The van der Waals surface area contributed by atoms with E-state index in [1.54, 1.807) is 32.2 Å². The molecule has 1 amide bonds. The second kappa shape index (κ2) is 5.87. The number of amides is 1. The van der Waals surface area contributed by atoms with E-state index in [1.807, 2.05) is 0 Å². The lowest BCUT2D eigenvalue weighted by atomic mass is 10.1. The normalized spacial score (nSPS) is 10.3. The smallest absolute Gasteiger partial charge is 0.257 e. The first-order chi connectivity index (χ1) is 9.92. The van der Waals surface area contributed by atoms with E-state index in [-0.39, 0.29) is 5.56 Å². The number of carbonyl (C=O) groups excluding carboxylic acids is 1. The zero-order valence-corrected chi connectivity index (χ0v) is 11.4. The first-order valence-electron chi connectivity index (χ1n) is 6.16. The molecular formula is C15H13F3N2O. The summed E-state index contributed by atoms with van der Waals surface area (Å²) in [6.07, 6.45) is 0. The van der Waals surface area contributed by atoms with Crippen LogP contribution in [0.2, 0.25) is 0 Å². The third kappa shape index (κ3) is 3.16. The summed E-state index contributed by atoms with van der Waals surface area (Å²) >= 11 is 0. The number of anilines is 2. The van der Waals surface area contributed by atoms with Gasteiger partial charge in [0.2, 0.25) is 0 Å². The van der Waals surface area contributed by atoms with Gasteiger partial charge in [0.05, 0.1) is 11.3 Å². The first-order valence-corrected chi connectivity index (χ1v) is 6.16. The lowest BCUT2D eigenvalue weighted by Crippen LogP contribution is -2.16. The van der Waals surface area contributed by atoms with Crippen molar-refractivity contribution in [2.24, 2.45) is 0 Å². The molecule has 2 N–H and O–H groups in total. The van der Waals surface area contributed by atoms with Gasteiger partial charge in [-0.3, -0.25) is 4.79 Å². The van der Waals surface area contributed by atoms with E-state index in [2.05, 4.69) is 10.6 Å². The maximum atomic E-state index is 13.5. The van der Waals surface area contributed by atoms with Crippen molar-refractivity contribution < 1.29 is 18.0 Å². The lowest BCUT2D eigenvalue weighted by molar-refractivity contribution is 0.102. The van der Waals surface area contributed by atoms with Gasteiger partial charge in [0.25, 0.3) is 5.91 Å². The summed E-state index contributed by atoms with van der Waals surface area (Å²) in [5.74, 6) is -4.29. The molecule has 0 bridgehead atoms. The highest BCUT2D eigenvalue weighted by Crippen LogP contribution is 2.22. The first kappa shape index (κ1) is 14.9. The van der Waals surface area contributed by atoms with Crippen LogP contribution in [0.4, 0.5) is 24.5 Å². The molecule has 2 aromatic rings. The summed E-state index contributed by atoms with van der Waals surface area (Å²) in [4.78, 5) is 12.2. The topological polar surface area (TPSA) is 41.1 Å². The summed E-state index contributed by atoms with van der Waals surface area (Å²) in [6, 6.07) is 6.22. The minimum Gasteiger partial charge on any atom is -0.387 e. The average Bonchev–Trinajstić information content (AvgIpc) is 2.44. The molecule has 0 saturated heterocycles. The van der Waals surface area contributed by atoms with Crippen LogP contribution in [0.15, 0.2) is 30.3 Å². The monoisotopic (exact) mass is 294 g/mol. The molecule has 0 unspecified atom stereocenters. The summed E-state index contributed by atoms with van der Waals surface area (Å²) in [7, 11) is 1.63. The molecule has 3 nitrogen and oxygen atoms in total.